The van der Waals surface area contributed by atoms with E-state index in [0.29, 0.717) is 11.3 Å². The first-order valence-electron chi connectivity index (χ1n) is 9.19. The number of carbonyl (C=O) groups excluding carboxylic acids is 1. The third-order valence-corrected chi connectivity index (χ3v) is 4.36. The topological polar surface area (TPSA) is 53.9 Å². The minimum absolute atomic E-state index is 0.209. The van der Waals surface area contributed by atoms with Gasteiger partial charge in [-0.15, -0.1) is 0 Å². The van der Waals surface area contributed by atoms with E-state index in [0.717, 1.165) is 30.9 Å². The first-order valence-corrected chi connectivity index (χ1v) is 9.19. The fraction of sp³-hybridized carbons (Fsp3) is 0.333. The largest absolute Gasteiger partial charge is 0.496 e. The second-order valence-electron chi connectivity index (χ2n) is 6.27. The molecule has 0 heterocycles. The van der Waals surface area contributed by atoms with Crippen LogP contribution in [0.5, 0.6) is 5.75 Å². The van der Waals surface area contributed by atoms with Crippen LogP contribution in [0, 0.1) is 0 Å². The van der Waals surface area contributed by atoms with Gasteiger partial charge in [-0.1, -0.05) is 18.2 Å². The summed E-state index contributed by atoms with van der Waals surface area (Å²) in [7, 11) is 1.55. The first kappa shape index (κ1) is 22.3. The van der Waals surface area contributed by atoms with E-state index in [4.69, 9.17) is 4.74 Å². The van der Waals surface area contributed by atoms with Crippen LogP contribution in [-0.4, -0.2) is 32.3 Å². The number of alkyl halides is 3. The summed E-state index contributed by atoms with van der Waals surface area (Å²) >= 11 is 0. The first-order chi connectivity index (χ1) is 13.8. The summed E-state index contributed by atoms with van der Waals surface area (Å²) in [5, 5.41) is 3.89. The molecule has 0 spiro atoms. The van der Waals surface area contributed by atoms with Gasteiger partial charge in [-0.25, -0.2) is 5.43 Å². The van der Waals surface area contributed by atoms with Crippen LogP contribution in [0.25, 0.3) is 0 Å². The number of hydrazone groups is 1. The summed E-state index contributed by atoms with van der Waals surface area (Å²) in [5.74, 6) is 0.0876. The lowest BCUT2D eigenvalue weighted by Crippen LogP contribution is -2.22. The molecule has 5 nitrogen and oxygen atoms in total. The Morgan fingerprint density at radius 3 is 2.52 bits per heavy atom. The van der Waals surface area contributed by atoms with Gasteiger partial charge in [0.25, 0.3) is 0 Å². The second-order valence-corrected chi connectivity index (χ2v) is 6.27. The highest BCUT2D eigenvalue weighted by molar-refractivity contribution is 5.86. The number of hydrogen-bond acceptors (Lipinski definition) is 4. The van der Waals surface area contributed by atoms with Crippen molar-refractivity contribution in [2.24, 2.45) is 5.10 Å². The average Bonchev–Trinajstić information content (AvgIpc) is 2.69. The molecule has 2 aromatic rings. The quantitative estimate of drug-likeness (QED) is 0.526. The van der Waals surface area contributed by atoms with E-state index in [1.807, 2.05) is 18.2 Å². The number of benzene rings is 2. The third kappa shape index (κ3) is 6.23. The molecule has 156 valence electrons. The standard InChI is InChI=1S/C21H24F3N3O2/c1-4-27(5-2)18-10-9-16(19(13-18)29-3)14-25-26-20(28)12-15-7-6-8-17(11-15)21(22,23)24/h6-11,13-14H,4-5,12H2,1-3H3,(H,26,28)/b25-14+. The number of nitrogens with one attached hydrogen (secondary N) is 1. The van der Waals surface area contributed by atoms with Crippen LogP contribution in [0.15, 0.2) is 47.6 Å². The Kier molecular flexibility index (Phi) is 7.64. The van der Waals surface area contributed by atoms with Gasteiger partial charge in [-0.2, -0.15) is 18.3 Å². The fourth-order valence-electron chi connectivity index (χ4n) is 2.85. The van der Waals surface area contributed by atoms with Crippen LogP contribution < -0.4 is 15.1 Å². The van der Waals surface area contributed by atoms with E-state index < -0.39 is 17.6 Å². The van der Waals surface area contributed by atoms with Crippen LogP contribution in [0.4, 0.5) is 18.9 Å². The highest BCUT2D eigenvalue weighted by Crippen LogP contribution is 2.29. The molecule has 0 fully saturated rings. The van der Waals surface area contributed by atoms with Crippen molar-refractivity contribution in [1.29, 1.82) is 0 Å². The van der Waals surface area contributed by atoms with Gasteiger partial charge in [0, 0.05) is 30.4 Å². The number of hydrogen-bond donors (Lipinski definition) is 1. The number of rotatable bonds is 8. The van der Waals surface area contributed by atoms with Gasteiger partial charge in [-0.05, 0) is 37.6 Å². The Morgan fingerprint density at radius 2 is 1.90 bits per heavy atom. The maximum atomic E-state index is 12.8. The monoisotopic (exact) mass is 407 g/mol. The van der Waals surface area contributed by atoms with Crippen LogP contribution in [0.2, 0.25) is 0 Å². The minimum atomic E-state index is -4.45. The van der Waals surface area contributed by atoms with Crippen LogP contribution in [0.1, 0.15) is 30.5 Å². The van der Waals surface area contributed by atoms with Crippen LogP contribution >= 0.6 is 0 Å². The SMILES string of the molecule is CCN(CC)c1ccc(/C=N/NC(=O)Cc2cccc(C(F)(F)F)c2)c(OC)c1. The van der Waals surface area contributed by atoms with E-state index in [9.17, 15) is 18.0 Å². The highest BCUT2D eigenvalue weighted by Gasteiger charge is 2.30. The molecule has 8 heteroatoms. The maximum Gasteiger partial charge on any atom is 0.416 e. The molecule has 0 radical (unpaired) electrons. The zero-order valence-corrected chi connectivity index (χ0v) is 16.6. The molecule has 0 aliphatic carbocycles. The Morgan fingerprint density at radius 1 is 1.17 bits per heavy atom. The number of anilines is 1. The van der Waals surface area contributed by atoms with Crippen molar-refractivity contribution in [2.45, 2.75) is 26.4 Å². The summed E-state index contributed by atoms with van der Waals surface area (Å²) in [5.41, 5.74) is 3.48. The Bertz CT molecular complexity index is 862. The molecule has 2 aromatic carbocycles. The molecule has 0 saturated heterocycles. The molecular formula is C21H24F3N3O2. The smallest absolute Gasteiger partial charge is 0.416 e. The van der Waals surface area contributed by atoms with Crippen molar-refractivity contribution in [1.82, 2.24) is 5.43 Å². The lowest BCUT2D eigenvalue weighted by atomic mass is 10.1. The molecule has 0 aromatic heterocycles. The zero-order valence-electron chi connectivity index (χ0n) is 16.6. The van der Waals surface area contributed by atoms with Gasteiger partial charge in [-0.3, -0.25) is 4.79 Å². The lowest BCUT2D eigenvalue weighted by Gasteiger charge is -2.21. The van der Waals surface area contributed by atoms with E-state index >= 15 is 0 Å². The normalized spacial score (nSPS) is 11.5. The van der Waals surface area contributed by atoms with Gasteiger partial charge in [0.05, 0.1) is 25.3 Å². The minimum Gasteiger partial charge on any atom is -0.496 e. The average molecular weight is 407 g/mol. The molecule has 1 amide bonds. The van der Waals surface area contributed by atoms with Gasteiger partial charge < -0.3 is 9.64 Å². The molecule has 0 unspecified atom stereocenters. The predicted molar refractivity (Wildman–Crippen MR) is 107 cm³/mol. The molecular weight excluding hydrogens is 383 g/mol. The van der Waals surface area contributed by atoms with Crippen molar-refractivity contribution in [2.75, 3.05) is 25.1 Å². The number of carbonyl (C=O) groups is 1. The molecule has 0 atom stereocenters. The zero-order chi connectivity index (χ0) is 21.4. The third-order valence-electron chi connectivity index (χ3n) is 4.36. The van der Waals surface area contributed by atoms with E-state index in [1.54, 1.807) is 7.11 Å². The van der Waals surface area contributed by atoms with Gasteiger partial charge in [0.1, 0.15) is 5.75 Å². The summed E-state index contributed by atoms with van der Waals surface area (Å²) in [6.07, 6.45) is -3.22. The molecule has 1 N–H and O–H groups in total. The van der Waals surface area contributed by atoms with Crippen molar-refractivity contribution in [3.63, 3.8) is 0 Å². The summed E-state index contributed by atoms with van der Waals surface area (Å²) in [6.45, 7) is 5.84. The molecule has 0 bridgehead atoms. The number of ether oxygens (including phenoxy) is 1. The summed E-state index contributed by atoms with van der Waals surface area (Å²) in [4.78, 5) is 14.2. The van der Waals surface area contributed by atoms with Gasteiger partial charge in [0.15, 0.2) is 0 Å². The fourth-order valence-corrected chi connectivity index (χ4v) is 2.85. The van der Waals surface area contributed by atoms with E-state index in [2.05, 4.69) is 29.3 Å². The summed E-state index contributed by atoms with van der Waals surface area (Å²) in [6, 6.07) is 10.3. The van der Waals surface area contributed by atoms with Crippen LogP contribution in [-0.2, 0) is 17.4 Å². The van der Waals surface area contributed by atoms with Crippen molar-refractivity contribution < 1.29 is 22.7 Å². The molecule has 29 heavy (non-hydrogen) atoms. The predicted octanol–water partition coefficient (Wildman–Crippen LogP) is 4.25. The number of halogens is 3. The highest BCUT2D eigenvalue weighted by atomic mass is 19.4. The van der Waals surface area contributed by atoms with Gasteiger partial charge in [0.2, 0.25) is 5.91 Å². The Hall–Kier alpha value is -3.03. The molecule has 0 aliphatic rings. The molecule has 0 aliphatic heterocycles. The van der Waals surface area contributed by atoms with E-state index in [1.165, 1.54) is 18.3 Å². The maximum absolute atomic E-state index is 12.8. The number of nitrogens with zero attached hydrogens (tertiary/aromatic N) is 2. The summed E-state index contributed by atoms with van der Waals surface area (Å²) < 4.78 is 43.6. The number of amides is 1. The van der Waals surface area contributed by atoms with Crippen molar-refractivity contribution in [3.8, 4) is 5.75 Å². The molecule has 2 rings (SSSR count). The van der Waals surface area contributed by atoms with E-state index in [-0.39, 0.29) is 12.0 Å². The molecule has 0 saturated carbocycles. The van der Waals surface area contributed by atoms with Crippen LogP contribution in [0.3, 0.4) is 0 Å². The second kappa shape index (κ2) is 9.95. The Labute approximate surface area is 168 Å². The van der Waals surface area contributed by atoms with Gasteiger partial charge >= 0.3 is 6.18 Å². The number of methoxy groups -OCH3 is 1. The van der Waals surface area contributed by atoms with Crippen molar-refractivity contribution in [3.05, 3.63) is 59.2 Å². The van der Waals surface area contributed by atoms with Crippen molar-refractivity contribution >= 4 is 17.8 Å². The Balaban J connectivity index is 2.03. The lowest BCUT2D eigenvalue weighted by molar-refractivity contribution is -0.137.